The lowest BCUT2D eigenvalue weighted by Crippen LogP contribution is -2.35. The summed E-state index contributed by atoms with van der Waals surface area (Å²) in [5.74, 6) is 0. The van der Waals surface area contributed by atoms with E-state index in [1.807, 2.05) is 12.1 Å². The number of aliphatic hydroxyl groups is 3. The molecule has 0 spiro atoms. The van der Waals surface area contributed by atoms with Crippen molar-refractivity contribution in [3.8, 4) is 0 Å². The molecule has 0 heterocycles. The predicted molar refractivity (Wildman–Crippen MR) is 70.8 cm³/mol. The van der Waals surface area contributed by atoms with Crippen LogP contribution in [0.4, 0.5) is 0 Å². The van der Waals surface area contributed by atoms with Crippen LogP contribution in [0, 0.1) is 0 Å². The third kappa shape index (κ3) is 4.07. The molecule has 4 heteroatoms. The van der Waals surface area contributed by atoms with Crippen LogP contribution < -0.4 is 5.32 Å². The maximum Gasteiger partial charge on any atom is 0.0688 e. The van der Waals surface area contributed by atoms with Crippen molar-refractivity contribution in [2.24, 2.45) is 0 Å². The van der Waals surface area contributed by atoms with Gasteiger partial charge in [-0.25, -0.2) is 0 Å². The molecule has 0 bridgehead atoms. The Kier molecular flexibility index (Phi) is 5.28. The van der Waals surface area contributed by atoms with Crippen molar-refractivity contribution in [2.75, 3.05) is 0 Å². The molecular formula is C14H23NO3. The third-order valence-corrected chi connectivity index (χ3v) is 2.82. The van der Waals surface area contributed by atoms with Gasteiger partial charge in [0.1, 0.15) is 0 Å². The van der Waals surface area contributed by atoms with E-state index < -0.39 is 0 Å². The summed E-state index contributed by atoms with van der Waals surface area (Å²) < 4.78 is 0. The van der Waals surface area contributed by atoms with E-state index in [1.54, 1.807) is 0 Å². The fraction of sp³-hybridized carbons (Fsp3) is 0.571. The number of nitrogens with one attached hydrogen (secondary N) is 1. The van der Waals surface area contributed by atoms with E-state index in [9.17, 15) is 15.3 Å². The molecule has 4 N–H and O–H groups in total. The quantitative estimate of drug-likeness (QED) is 0.633. The lowest BCUT2D eigenvalue weighted by Gasteiger charge is -2.21. The predicted octanol–water partition coefficient (Wildman–Crippen LogP) is 1.05. The molecule has 0 aromatic heterocycles. The van der Waals surface area contributed by atoms with E-state index in [0.29, 0.717) is 23.2 Å². The van der Waals surface area contributed by atoms with Gasteiger partial charge in [0.2, 0.25) is 0 Å². The van der Waals surface area contributed by atoms with Crippen LogP contribution in [0.2, 0.25) is 0 Å². The van der Waals surface area contributed by atoms with E-state index >= 15 is 0 Å². The summed E-state index contributed by atoms with van der Waals surface area (Å²) in [6.45, 7) is 6.46. The second-order valence-electron chi connectivity index (χ2n) is 5.47. The van der Waals surface area contributed by atoms with Crippen LogP contribution in [0.25, 0.3) is 0 Å². The van der Waals surface area contributed by atoms with Crippen LogP contribution in [0.15, 0.2) is 12.1 Å². The maximum absolute atomic E-state index is 9.31. The van der Waals surface area contributed by atoms with Crippen molar-refractivity contribution >= 4 is 0 Å². The fourth-order valence-corrected chi connectivity index (χ4v) is 1.82. The summed E-state index contributed by atoms with van der Waals surface area (Å²) in [5.41, 5.74) is 2.98. The van der Waals surface area contributed by atoms with Crippen LogP contribution in [0.3, 0.4) is 0 Å². The Hall–Kier alpha value is -0.940. The minimum absolute atomic E-state index is 0.00834. The third-order valence-electron chi connectivity index (χ3n) is 2.82. The number of aliphatic hydroxyl groups excluding tert-OH is 3. The molecule has 1 rings (SSSR count). The molecule has 0 amide bonds. The van der Waals surface area contributed by atoms with Crippen molar-refractivity contribution in [3.05, 3.63) is 34.4 Å². The van der Waals surface area contributed by atoms with E-state index in [2.05, 4.69) is 26.1 Å². The van der Waals surface area contributed by atoms with Crippen LogP contribution >= 0.6 is 0 Å². The Bertz CT molecular complexity index is 372. The molecule has 1 aromatic carbocycles. The van der Waals surface area contributed by atoms with Crippen molar-refractivity contribution in [3.63, 3.8) is 0 Å². The molecule has 102 valence electrons. The van der Waals surface area contributed by atoms with E-state index in [4.69, 9.17) is 0 Å². The van der Waals surface area contributed by atoms with Gasteiger partial charge in [0.25, 0.3) is 0 Å². The first kappa shape index (κ1) is 15.1. The van der Waals surface area contributed by atoms with Gasteiger partial charge >= 0.3 is 0 Å². The number of hydrogen-bond acceptors (Lipinski definition) is 4. The highest BCUT2D eigenvalue weighted by molar-refractivity contribution is 5.38. The highest BCUT2D eigenvalue weighted by atomic mass is 16.3. The van der Waals surface area contributed by atoms with Gasteiger partial charge in [-0.3, -0.25) is 0 Å². The molecule has 0 saturated heterocycles. The van der Waals surface area contributed by atoms with Gasteiger partial charge in [0, 0.05) is 12.1 Å². The Morgan fingerprint density at radius 3 is 1.78 bits per heavy atom. The monoisotopic (exact) mass is 253 g/mol. The van der Waals surface area contributed by atoms with Gasteiger partial charge in [-0.05, 0) is 43.0 Å². The molecule has 1 aromatic rings. The van der Waals surface area contributed by atoms with Gasteiger partial charge in [-0.1, -0.05) is 12.1 Å². The van der Waals surface area contributed by atoms with Gasteiger partial charge in [-0.2, -0.15) is 0 Å². The molecule has 0 radical (unpaired) electrons. The average Bonchev–Trinajstić information content (AvgIpc) is 2.33. The summed E-state index contributed by atoms with van der Waals surface area (Å²) in [6.07, 6.45) is 0. The number of hydrogen-bond donors (Lipinski definition) is 4. The maximum atomic E-state index is 9.31. The fourth-order valence-electron chi connectivity index (χ4n) is 1.82. The van der Waals surface area contributed by atoms with Gasteiger partial charge < -0.3 is 20.6 Å². The lowest BCUT2D eigenvalue weighted by atomic mass is 9.98. The van der Waals surface area contributed by atoms with Crippen LogP contribution in [-0.2, 0) is 26.4 Å². The zero-order chi connectivity index (χ0) is 13.8. The topological polar surface area (TPSA) is 72.7 Å². The molecule has 4 nitrogen and oxygen atoms in total. The number of rotatable bonds is 5. The second kappa shape index (κ2) is 6.29. The molecule has 0 fully saturated rings. The Morgan fingerprint density at radius 1 is 0.944 bits per heavy atom. The van der Waals surface area contributed by atoms with E-state index in [-0.39, 0.29) is 25.4 Å². The minimum atomic E-state index is -0.168. The van der Waals surface area contributed by atoms with Crippen LogP contribution in [0.1, 0.15) is 43.0 Å². The molecule has 0 aliphatic carbocycles. The summed E-state index contributed by atoms with van der Waals surface area (Å²) in [4.78, 5) is 0. The highest BCUT2D eigenvalue weighted by Crippen LogP contribution is 2.19. The highest BCUT2D eigenvalue weighted by Gasteiger charge is 2.12. The molecule has 18 heavy (non-hydrogen) atoms. The zero-order valence-electron chi connectivity index (χ0n) is 11.3. The summed E-state index contributed by atoms with van der Waals surface area (Å²) >= 11 is 0. The van der Waals surface area contributed by atoms with Crippen LogP contribution in [-0.4, -0.2) is 20.9 Å². The molecular weight excluding hydrogens is 230 g/mol. The zero-order valence-corrected chi connectivity index (χ0v) is 11.3. The minimum Gasteiger partial charge on any atom is -0.392 e. The smallest absolute Gasteiger partial charge is 0.0688 e. The Morgan fingerprint density at radius 2 is 1.44 bits per heavy atom. The first-order chi connectivity index (χ1) is 8.41. The molecule has 0 aliphatic rings. The van der Waals surface area contributed by atoms with Crippen molar-refractivity contribution < 1.29 is 15.3 Å². The summed E-state index contributed by atoms with van der Waals surface area (Å²) in [6, 6.07) is 3.73. The van der Waals surface area contributed by atoms with E-state index in [1.165, 1.54) is 0 Å². The van der Waals surface area contributed by atoms with Gasteiger partial charge in [0.05, 0.1) is 19.8 Å². The van der Waals surface area contributed by atoms with Crippen LogP contribution in [0.5, 0.6) is 0 Å². The molecule has 0 saturated carbocycles. The Labute approximate surface area is 108 Å². The van der Waals surface area contributed by atoms with Crippen molar-refractivity contribution in [2.45, 2.75) is 52.7 Å². The normalized spacial score (nSPS) is 11.9. The van der Waals surface area contributed by atoms with E-state index in [0.717, 1.165) is 5.56 Å². The Balaban J connectivity index is 3.00. The molecule has 0 aliphatic heterocycles. The lowest BCUT2D eigenvalue weighted by molar-refractivity contribution is 0.247. The molecule has 0 atom stereocenters. The summed E-state index contributed by atoms with van der Waals surface area (Å²) in [7, 11) is 0. The van der Waals surface area contributed by atoms with Gasteiger partial charge in [0.15, 0.2) is 0 Å². The van der Waals surface area contributed by atoms with Crippen molar-refractivity contribution in [1.82, 2.24) is 5.32 Å². The second-order valence-corrected chi connectivity index (χ2v) is 5.47. The average molecular weight is 253 g/mol. The summed E-state index contributed by atoms with van der Waals surface area (Å²) in [5, 5.41) is 31.2. The number of benzene rings is 1. The SMILES string of the molecule is CC(C)(C)NCc1cc(CO)c(CO)c(CO)c1. The van der Waals surface area contributed by atoms with Gasteiger partial charge in [-0.15, -0.1) is 0 Å². The van der Waals surface area contributed by atoms with Crippen molar-refractivity contribution in [1.29, 1.82) is 0 Å². The molecule has 0 unspecified atom stereocenters. The largest absolute Gasteiger partial charge is 0.392 e. The standard InChI is InChI=1S/C14H23NO3/c1-14(2,3)15-6-10-4-11(7-16)13(9-18)12(5-10)8-17/h4-5,15-18H,6-9H2,1-3H3. The first-order valence-corrected chi connectivity index (χ1v) is 6.12. The first-order valence-electron chi connectivity index (χ1n) is 6.12.